The number of para-hydroxylation sites is 1. The average molecular weight is 260 g/mol. The molecule has 19 heavy (non-hydrogen) atoms. The summed E-state index contributed by atoms with van der Waals surface area (Å²) in [5, 5.41) is 9.20. The molecule has 98 valence electrons. The van der Waals surface area contributed by atoms with Gasteiger partial charge in [0.1, 0.15) is 12.5 Å². The van der Waals surface area contributed by atoms with Crippen LogP contribution in [0.5, 0.6) is 5.75 Å². The van der Waals surface area contributed by atoms with E-state index in [1.54, 1.807) is 42.5 Å². The summed E-state index contributed by atoms with van der Waals surface area (Å²) in [6, 6.07) is 14.7. The third-order valence-electron chi connectivity index (χ3n) is 2.74. The molecule has 0 saturated heterocycles. The Morgan fingerprint density at radius 1 is 1.11 bits per heavy atom. The van der Waals surface area contributed by atoms with E-state index in [2.05, 4.69) is 0 Å². The van der Waals surface area contributed by atoms with Crippen molar-refractivity contribution in [3.63, 3.8) is 0 Å². The first kappa shape index (κ1) is 13.1. The largest absolute Gasteiger partial charge is 0.489 e. The smallest absolute Gasteiger partial charge is 0.314 e. The molecule has 0 aliphatic rings. The van der Waals surface area contributed by atoms with E-state index in [-0.39, 0.29) is 12.4 Å². The van der Waals surface area contributed by atoms with Gasteiger partial charge in [-0.25, -0.2) is 4.39 Å². The third-order valence-corrected chi connectivity index (χ3v) is 2.74. The summed E-state index contributed by atoms with van der Waals surface area (Å²) < 4.78 is 18.6. The van der Waals surface area contributed by atoms with Crippen LogP contribution in [0.25, 0.3) is 0 Å². The molecule has 0 fully saturated rings. The van der Waals surface area contributed by atoms with Crippen LogP contribution in [-0.4, -0.2) is 17.7 Å². The van der Waals surface area contributed by atoms with Crippen molar-refractivity contribution in [1.29, 1.82) is 0 Å². The van der Waals surface area contributed by atoms with Gasteiger partial charge in [-0.05, 0) is 17.7 Å². The van der Waals surface area contributed by atoms with Crippen molar-refractivity contribution in [3.05, 3.63) is 66.0 Å². The lowest BCUT2D eigenvalue weighted by Gasteiger charge is -2.14. The quantitative estimate of drug-likeness (QED) is 0.898. The van der Waals surface area contributed by atoms with E-state index in [1.807, 2.05) is 0 Å². The Bertz CT molecular complexity index is 554. The number of ether oxygens (including phenoxy) is 1. The van der Waals surface area contributed by atoms with Crippen molar-refractivity contribution in [2.45, 2.75) is 5.92 Å². The molecule has 0 spiro atoms. The molecule has 1 atom stereocenters. The van der Waals surface area contributed by atoms with Gasteiger partial charge in [0.25, 0.3) is 0 Å². The number of aliphatic carboxylic acids is 1. The standard InChI is InChI=1S/C15H13FO3/c16-13-8-4-5-9-14(13)19-10-12(15(17)18)11-6-2-1-3-7-11/h1-9,12H,10H2,(H,17,18). The fourth-order valence-corrected chi connectivity index (χ4v) is 1.73. The zero-order chi connectivity index (χ0) is 13.7. The molecule has 2 rings (SSSR count). The van der Waals surface area contributed by atoms with E-state index in [0.29, 0.717) is 5.56 Å². The fraction of sp³-hybridized carbons (Fsp3) is 0.133. The highest BCUT2D eigenvalue weighted by molar-refractivity contribution is 5.76. The molecule has 0 bridgehead atoms. The second-order valence-corrected chi connectivity index (χ2v) is 4.04. The van der Waals surface area contributed by atoms with Crippen LogP contribution in [0, 0.1) is 5.82 Å². The Morgan fingerprint density at radius 2 is 1.74 bits per heavy atom. The maximum absolute atomic E-state index is 13.4. The summed E-state index contributed by atoms with van der Waals surface area (Å²) in [7, 11) is 0. The molecule has 0 aliphatic carbocycles. The topological polar surface area (TPSA) is 46.5 Å². The molecule has 2 aromatic carbocycles. The molecular formula is C15H13FO3. The molecule has 4 heteroatoms. The monoisotopic (exact) mass is 260 g/mol. The van der Waals surface area contributed by atoms with Crippen molar-refractivity contribution < 1.29 is 19.0 Å². The van der Waals surface area contributed by atoms with Crippen LogP contribution in [-0.2, 0) is 4.79 Å². The van der Waals surface area contributed by atoms with Gasteiger partial charge in [-0.3, -0.25) is 4.79 Å². The number of benzene rings is 2. The van der Waals surface area contributed by atoms with Crippen LogP contribution in [0.15, 0.2) is 54.6 Å². The molecule has 0 aromatic heterocycles. The van der Waals surface area contributed by atoms with Crippen LogP contribution in [0.3, 0.4) is 0 Å². The highest BCUT2D eigenvalue weighted by atomic mass is 19.1. The molecule has 0 heterocycles. The van der Waals surface area contributed by atoms with E-state index >= 15 is 0 Å². The Balaban J connectivity index is 2.11. The fourth-order valence-electron chi connectivity index (χ4n) is 1.73. The van der Waals surface area contributed by atoms with Crippen LogP contribution < -0.4 is 4.74 Å². The minimum absolute atomic E-state index is 0.0599. The molecule has 0 saturated carbocycles. The van der Waals surface area contributed by atoms with E-state index in [9.17, 15) is 14.3 Å². The second kappa shape index (κ2) is 6.00. The molecule has 2 aromatic rings. The zero-order valence-corrected chi connectivity index (χ0v) is 10.1. The summed E-state index contributed by atoms with van der Waals surface area (Å²) in [6.07, 6.45) is 0. The van der Waals surface area contributed by atoms with Crippen molar-refractivity contribution in [1.82, 2.24) is 0 Å². The van der Waals surface area contributed by atoms with E-state index in [0.717, 1.165) is 0 Å². The average Bonchev–Trinajstić information content (AvgIpc) is 2.42. The van der Waals surface area contributed by atoms with Gasteiger partial charge in [-0.15, -0.1) is 0 Å². The first-order chi connectivity index (χ1) is 9.18. The van der Waals surface area contributed by atoms with E-state index < -0.39 is 17.7 Å². The van der Waals surface area contributed by atoms with Crippen molar-refractivity contribution in [2.24, 2.45) is 0 Å². The molecule has 0 aliphatic heterocycles. The molecule has 0 amide bonds. The van der Waals surface area contributed by atoms with Crippen LogP contribution in [0.2, 0.25) is 0 Å². The van der Waals surface area contributed by atoms with Gasteiger partial charge in [-0.1, -0.05) is 42.5 Å². The molecule has 3 nitrogen and oxygen atoms in total. The normalized spacial score (nSPS) is 11.8. The Hall–Kier alpha value is -2.36. The number of carboxylic acid groups (broad SMARTS) is 1. The number of rotatable bonds is 5. The molecular weight excluding hydrogens is 247 g/mol. The first-order valence-electron chi connectivity index (χ1n) is 5.83. The predicted octanol–water partition coefficient (Wildman–Crippen LogP) is 3.07. The summed E-state index contributed by atoms with van der Waals surface area (Å²) >= 11 is 0. The number of halogens is 1. The number of carbonyl (C=O) groups is 1. The van der Waals surface area contributed by atoms with E-state index in [4.69, 9.17) is 4.74 Å². The summed E-state index contributed by atoms with van der Waals surface area (Å²) in [5.41, 5.74) is 0.631. The maximum Gasteiger partial charge on any atom is 0.314 e. The lowest BCUT2D eigenvalue weighted by Crippen LogP contribution is -2.19. The van der Waals surface area contributed by atoms with E-state index in [1.165, 1.54) is 12.1 Å². The van der Waals surface area contributed by atoms with Crippen LogP contribution in [0.4, 0.5) is 4.39 Å². The third kappa shape index (κ3) is 3.31. The lowest BCUT2D eigenvalue weighted by atomic mass is 10.0. The highest BCUT2D eigenvalue weighted by Crippen LogP contribution is 2.20. The number of hydrogen-bond donors (Lipinski definition) is 1. The van der Waals surface area contributed by atoms with Gasteiger partial charge < -0.3 is 9.84 Å². The molecule has 0 radical (unpaired) electrons. The number of carboxylic acids is 1. The Morgan fingerprint density at radius 3 is 2.37 bits per heavy atom. The van der Waals surface area contributed by atoms with Crippen LogP contribution in [0.1, 0.15) is 11.5 Å². The SMILES string of the molecule is O=C(O)C(COc1ccccc1F)c1ccccc1. The van der Waals surface area contributed by atoms with Gasteiger partial charge >= 0.3 is 5.97 Å². The highest BCUT2D eigenvalue weighted by Gasteiger charge is 2.20. The van der Waals surface area contributed by atoms with Gasteiger partial charge in [0.15, 0.2) is 11.6 Å². The Labute approximate surface area is 110 Å². The minimum atomic E-state index is -0.998. The minimum Gasteiger partial charge on any atom is -0.489 e. The zero-order valence-electron chi connectivity index (χ0n) is 10.1. The van der Waals surface area contributed by atoms with Crippen molar-refractivity contribution in [3.8, 4) is 5.75 Å². The van der Waals surface area contributed by atoms with Gasteiger partial charge in [0, 0.05) is 0 Å². The lowest BCUT2D eigenvalue weighted by molar-refractivity contribution is -0.139. The predicted molar refractivity (Wildman–Crippen MR) is 68.7 cm³/mol. The summed E-state index contributed by atoms with van der Waals surface area (Å²) in [6.45, 7) is -0.111. The first-order valence-corrected chi connectivity index (χ1v) is 5.83. The summed E-state index contributed by atoms with van der Waals surface area (Å²) in [5.74, 6) is -2.26. The summed E-state index contributed by atoms with van der Waals surface area (Å²) in [4.78, 5) is 11.2. The van der Waals surface area contributed by atoms with Crippen LogP contribution >= 0.6 is 0 Å². The molecule has 1 unspecified atom stereocenters. The second-order valence-electron chi connectivity index (χ2n) is 4.04. The number of hydrogen-bond acceptors (Lipinski definition) is 2. The van der Waals surface area contributed by atoms with Crippen molar-refractivity contribution >= 4 is 5.97 Å². The molecule has 1 N–H and O–H groups in total. The van der Waals surface area contributed by atoms with Gasteiger partial charge in [-0.2, -0.15) is 0 Å². The maximum atomic E-state index is 13.4. The van der Waals surface area contributed by atoms with Gasteiger partial charge in [0.05, 0.1) is 0 Å². The van der Waals surface area contributed by atoms with Gasteiger partial charge in [0.2, 0.25) is 0 Å². The Kier molecular flexibility index (Phi) is 4.13. The van der Waals surface area contributed by atoms with Crippen molar-refractivity contribution in [2.75, 3.05) is 6.61 Å².